The third kappa shape index (κ3) is 3.41. The zero-order valence-corrected chi connectivity index (χ0v) is 12.9. The van der Waals surface area contributed by atoms with Crippen molar-refractivity contribution in [1.82, 2.24) is 0 Å². The molecule has 0 radical (unpaired) electrons. The normalized spacial score (nSPS) is 17.0. The molecule has 0 saturated carbocycles. The van der Waals surface area contributed by atoms with Crippen molar-refractivity contribution in [2.45, 2.75) is 20.1 Å². The van der Waals surface area contributed by atoms with Crippen molar-refractivity contribution in [3.63, 3.8) is 0 Å². The van der Waals surface area contributed by atoms with Gasteiger partial charge in [0.2, 0.25) is 0 Å². The maximum absolute atomic E-state index is 12.3. The van der Waals surface area contributed by atoms with Gasteiger partial charge in [-0.3, -0.25) is 4.79 Å². The third-order valence-corrected chi connectivity index (χ3v) is 3.79. The zero-order chi connectivity index (χ0) is 14.8. The van der Waals surface area contributed by atoms with Crippen molar-refractivity contribution in [3.05, 3.63) is 39.9 Å². The van der Waals surface area contributed by atoms with Crippen molar-refractivity contribution >= 4 is 35.1 Å². The third-order valence-electron chi connectivity index (χ3n) is 3.22. The van der Waals surface area contributed by atoms with Crippen LogP contribution in [0.5, 0.6) is 0 Å². The molecule has 5 heteroatoms. The van der Waals surface area contributed by atoms with Gasteiger partial charge in [-0.25, -0.2) is 0 Å². The second-order valence-corrected chi connectivity index (χ2v) is 6.00. The quantitative estimate of drug-likeness (QED) is 0.789. The summed E-state index contributed by atoms with van der Waals surface area (Å²) in [7, 11) is 0. The van der Waals surface area contributed by atoms with Crippen molar-refractivity contribution in [2.24, 2.45) is 5.41 Å². The van der Waals surface area contributed by atoms with Gasteiger partial charge in [0.05, 0.1) is 18.6 Å². The molecule has 0 unspecified atom stereocenters. The Kier molecular flexibility index (Phi) is 4.86. The van der Waals surface area contributed by atoms with Crippen LogP contribution in [0.1, 0.15) is 19.4 Å². The minimum Gasteiger partial charge on any atom is -0.349 e. The van der Waals surface area contributed by atoms with Gasteiger partial charge in [0, 0.05) is 10.0 Å². The van der Waals surface area contributed by atoms with Gasteiger partial charge in [-0.2, -0.15) is 0 Å². The number of ketones is 1. The number of allylic oxidation sites excluding steroid dienone is 1. The number of halogens is 2. The second-order valence-electron chi connectivity index (χ2n) is 5.16. The van der Waals surface area contributed by atoms with Gasteiger partial charge >= 0.3 is 0 Å². The molecule has 108 valence electrons. The van der Waals surface area contributed by atoms with Gasteiger partial charge in [-0.05, 0) is 43.7 Å². The Balaban J connectivity index is 2.12. The molecule has 3 nitrogen and oxygen atoms in total. The molecule has 0 aliphatic carbocycles. The molecule has 1 heterocycles. The summed E-state index contributed by atoms with van der Waals surface area (Å²) in [4.78, 5) is 12.3. The van der Waals surface area contributed by atoms with Crippen LogP contribution in [0.2, 0.25) is 10.0 Å². The number of carbonyl (C=O) groups excluding carboxylic acids is 1. The van der Waals surface area contributed by atoms with Crippen LogP contribution in [0.3, 0.4) is 0 Å². The van der Waals surface area contributed by atoms with E-state index in [9.17, 15) is 4.79 Å². The summed E-state index contributed by atoms with van der Waals surface area (Å²) < 4.78 is 10.8. The molecule has 1 aromatic carbocycles. The molecular weight excluding hydrogens is 299 g/mol. The van der Waals surface area contributed by atoms with Gasteiger partial charge in [-0.15, -0.1) is 0 Å². The van der Waals surface area contributed by atoms with Gasteiger partial charge in [0.15, 0.2) is 12.1 Å². The van der Waals surface area contributed by atoms with Gasteiger partial charge < -0.3 is 9.47 Å². The van der Waals surface area contributed by atoms with Crippen LogP contribution in [0, 0.1) is 5.41 Å². The van der Waals surface area contributed by atoms with Crippen LogP contribution >= 0.6 is 23.2 Å². The lowest BCUT2D eigenvalue weighted by Gasteiger charge is -2.26. The van der Waals surface area contributed by atoms with Crippen molar-refractivity contribution in [2.75, 3.05) is 13.2 Å². The molecule has 0 amide bonds. The van der Waals surface area contributed by atoms with E-state index in [4.69, 9.17) is 32.7 Å². The molecule has 1 fully saturated rings. The van der Waals surface area contributed by atoms with E-state index >= 15 is 0 Å². The lowest BCUT2D eigenvalue weighted by atomic mass is 9.86. The Morgan fingerprint density at radius 3 is 2.55 bits per heavy atom. The first kappa shape index (κ1) is 15.5. The molecule has 0 aromatic heterocycles. The van der Waals surface area contributed by atoms with Crippen molar-refractivity contribution < 1.29 is 14.3 Å². The largest absolute Gasteiger partial charge is 0.349 e. The lowest BCUT2D eigenvalue weighted by molar-refractivity contribution is -0.150. The molecule has 0 N–H and O–H groups in total. The predicted molar refractivity (Wildman–Crippen MR) is 80.0 cm³/mol. The van der Waals surface area contributed by atoms with E-state index in [1.807, 2.05) is 0 Å². The number of rotatable bonds is 4. The van der Waals surface area contributed by atoms with Crippen molar-refractivity contribution in [1.29, 1.82) is 0 Å². The van der Waals surface area contributed by atoms with Gasteiger partial charge in [-0.1, -0.05) is 29.3 Å². The van der Waals surface area contributed by atoms with Crippen LogP contribution in [-0.4, -0.2) is 25.3 Å². The lowest BCUT2D eigenvalue weighted by Crippen LogP contribution is -2.37. The minimum atomic E-state index is -0.730. The summed E-state index contributed by atoms with van der Waals surface area (Å²) in [6.45, 7) is 4.65. The van der Waals surface area contributed by atoms with E-state index in [0.29, 0.717) is 23.3 Å². The average Bonchev–Trinajstić information content (AvgIpc) is 2.91. The number of benzene rings is 1. The first-order valence-electron chi connectivity index (χ1n) is 6.32. The summed E-state index contributed by atoms with van der Waals surface area (Å²) in [6, 6.07) is 5.14. The molecule has 0 atom stereocenters. The highest BCUT2D eigenvalue weighted by Gasteiger charge is 2.39. The fourth-order valence-electron chi connectivity index (χ4n) is 1.91. The predicted octanol–water partition coefficient (Wildman–Crippen LogP) is 3.97. The molecular formula is C15H16Cl2O3. The smallest absolute Gasteiger partial charge is 0.170 e. The summed E-state index contributed by atoms with van der Waals surface area (Å²) in [6.07, 6.45) is 2.68. The van der Waals surface area contributed by atoms with Crippen molar-refractivity contribution in [3.8, 4) is 0 Å². The fraction of sp³-hybridized carbons (Fsp3) is 0.400. The van der Waals surface area contributed by atoms with Crippen LogP contribution in [0.25, 0.3) is 6.08 Å². The summed E-state index contributed by atoms with van der Waals surface area (Å²) in [5, 5.41) is 1.07. The number of carbonyl (C=O) groups is 1. The SMILES string of the molecule is CC(C)(C(=O)C=Cc1ccc(Cl)cc1Cl)C1OCCO1. The fourth-order valence-corrected chi connectivity index (χ4v) is 2.38. The highest BCUT2D eigenvalue weighted by Crippen LogP contribution is 2.29. The van der Waals surface area contributed by atoms with Crippen LogP contribution < -0.4 is 0 Å². The number of hydrogen-bond acceptors (Lipinski definition) is 3. The molecule has 1 aliphatic rings. The van der Waals surface area contributed by atoms with Gasteiger partial charge in [0.1, 0.15) is 0 Å². The second kappa shape index (κ2) is 6.27. The number of hydrogen-bond donors (Lipinski definition) is 0. The monoisotopic (exact) mass is 314 g/mol. The molecule has 1 saturated heterocycles. The van der Waals surface area contributed by atoms with E-state index < -0.39 is 11.7 Å². The maximum atomic E-state index is 12.3. The first-order chi connectivity index (χ1) is 9.41. The standard InChI is InChI=1S/C15H16Cl2O3/c1-15(2,14-19-7-8-20-14)13(18)6-4-10-3-5-11(16)9-12(10)17/h3-6,9,14H,7-8H2,1-2H3. The van der Waals surface area contributed by atoms with Crippen LogP contribution in [0.4, 0.5) is 0 Å². The molecule has 20 heavy (non-hydrogen) atoms. The topological polar surface area (TPSA) is 35.5 Å². The minimum absolute atomic E-state index is 0.0737. The summed E-state index contributed by atoms with van der Waals surface area (Å²) >= 11 is 11.9. The summed E-state index contributed by atoms with van der Waals surface area (Å²) in [5.41, 5.74) is 0.0137. The molecule has 0 spiro atoms. The first-order valence-corrected chi connectivity index (χ1v) is 7.07. The van der Waals surface area contributed by atoms with E-state index in [2.05, 4.69) is 0 Å². The number of ether oxygens (including phenoxy) is 2. The molecule has 1 aliphatic heterocycles. The van der Waals surface area contributed by atoms with Crippen LogP contribution in [-0.2, 0) is 14.3 Å². The Morgan fingerprint density at radius 2 is 1.95 bits per heavy atom. The average molecular weight is 315 g/mol. The van der Waals surface area contributed by atoms with E-state index in [1.54, 1.807) is 38.1 Å². The van der Waals surface area contributed by atoms with E-state index in [0.717, 1.165) is 5.56 Å². The van der Waals surface area contributed by atoms with Crippen LogP contribution in [0.15, 0.2) is 24.3 Å². The molecule has 1 aromatic rings. The summed E-state index contributed by atoms with van der Waals surface area (Å²) in [5.74, 6) is -0.0737. The maximum Gasteiger partial charge on any atom is 0.170 e. The Labute approximate surface area is 128 Å². The Bertz CT molecular complexity index is 532. The van der Waals surface area contributed by atoms with E-state index in [1.165, 1.54) is 6.08 Å². The highest BCUT2D eigenvalue weighted by atomic mass is 35.5. The Hall–Kier alpha value is -0.870. The van der Waals surface area contributed by atoms with Gasteiger partial charge in [0.25, 0.3) is 0 Å². The highest BCUT2D eigenvalue weighted by molar-refractivity contribution is 6.35. The zero-order valence-electron chi connectivity index (χ0n) is 11.4. The Morgan fingerprint density at radius 1 is 1.30 bits per heavy atom. The van der Waals surface area contributed by atoms with E-state index in [-0.39, 0.29) is 5.78 Å². The molecule has 2 rings (SSSR count). The molecule has 0 bridgehead atoms.